The summed E-state index contributed by atoms with van der Waals surface area (Å²) in [6.07, 6.45) is -2.26. The van der Waals surface area contributed by atoms with E-state index in [1.54, 1.807) is 0 Å². The van der Waals surface area contributed by atoms with Gasteiger partial charge in [-0.25, -0.2) is 0 Å². The van der Waals surface area contributed by atoms with Gasteiger partial charge in [-0.05, 0) is 63.0 Å². The van der Waals surface area contributed by atoms with Crippen LogP contribution in [0.4, 0.5) is 13.2 Å². The van der Waals surface area contributed by atoms with Crippen LogP contribution in [0.15, 0.2) is 24.3 Å². The number of hydrogen-bond donors (Lipinski definition) is 2. The van der Waals surface area contributed by atoms with Gasteiger partial charge in [-0.1, -0.05) is 0 Å². The van der Waals surface area contributed by atoms with E-state index >= 15 is 0 Å². The lowest BCUT2D eigenvalue weighted by Gasteiger charge is -2.29. The molecule has 0 bridgehead atoms. The van der Waals surface area contributed by atoms with Gasteiger partial charge in [-0.15, -0.1) is 12.4 Å². The fourth-order valence-corrected chi connectivity index (χ4v) is 2.52. The van der Waals surface area contributed by atoms with Crippen LogP contribution in [-0.4, -0.2) is 25.0 Å². The zero-order valence-electron chi connectivity index (χ0n) is 12.2. The molecule has 0 aliphatic carbocycles. The molecule has 2 unspecified atom stereocenters. The Morgan fingerprint density at radius 2 is 1.95 bits per heavy atom. The summed E-state index contributed by atoms with van der Waals surface area (Å²) in [6, 6.07) is 4.28. The van der Waals surface area contributed by atoms with E-state index in [0.717, 1.165) is 38.1 Å². The number of halogens is 4. The average molecular weight is 337 g/mol. The van der Waals surface area contributed by atoms with Gasteiger partial charge in [-0.3, -0.25) is 4.79 Å². The van der Waals surface area contributed by atoms with Gasteiger partial charge in [0.25, 0.3) is 5.91 Å². The molecule has 1 aromatic carbocycles. The number of piperidine rings is 1. The van der Waals surface area contributed by atoms with Crippen LogP contribution < -0.4 is 10.6 Å². The first kappa shape index (κ1) is 18.8. The van der Waals surface area contributed by atoms with Crippen molar-refractivity contribution in [3.8, 4) is 0 Å². The topological polar surface area (TPSA) is 41.1 Å². The summed E-state index contributed by atoms with van der Waals surface area (Å²) < 4.78 is 37.4. The smallest absolute Gasteiger partial charge is 0.349 e. The number of carbonyl (C=O) groups is 1. The van der Waals surface area contributed by atoms with Crippen LogP contribution in [0.1, 0.15) is 35.7 Å². The number of rotatable bonds is 3. The number of alkyl halides is 3. The third-order valence-electron chi connectivity index (χ3n) is 3.88. The lowest BCUT2D eigenvalue weighted by molar-refractivity contribution is -0.137. The van der Waals surface area contributed by atoms with Crippen LogP contribution in [0.3, 0.4) is 0 Å². The van der Waals surface area contributed by atoms with E-state index in [1.165, 1.54) is 12.1 Å². The van der Waals surface area contributed by atoms with Crippen molar-refractivity contribution in [3.05, 3.63) is 35.4 Å². The Morgan fingerprint density at radius 3 is 2.45 bits per heavy atom. The fourth-order valence-electron chi connectivity index (χ4n) is 2.52. The summed E-state index contributed by atoms with van der Waals surface area (Å²) in [5.41, 5.74) is -0.498. The summed E-state index contributed by atoms with van der Waals surface area (Å²) in [7, 11) is 0. The molecule has 1 heterocycles. The van der Waals surface area contributed by atoms with Crippen molar-refractivity contribution in [2.75, 3.05) is 13.1 Å². The van der Waals surface area contributed by atoms with Crippen molar-refractivity contribution >= 4 is 18.3 Å². The molecule has 124 valence electrons. The van der Waals surface area contributed by atoms with E-state index < -0.39 is 11.7 Å². The van der Waals surface area contributed by atoms with Crippen molar-refractivity contribution in [3.63, 3.8) is 0 Å². The van der Waals surface area contributed by atoms with Gasteiger partial charge >= 0.3 is 6.18 Å². The van der Waals surface area contributed by atoms with Crippen molar-refractivity contribution in [2.24, 2.45) is 5.92 Å². The summed E-state index contributed by atoms with van der Waals surface area (Å²) in [4.78, 5) is 12.0. The molecule has 0 spiro atoms. The second kappa shape index (κ2) is 7.83. The van der Waals surface area contributed by atoms with Crippen molar-refractivity contribution in [2.45, 2.75) is 32.0 Å². The number of nitrogens with one attached hydrogen (secondary N) is 2. The molecule has 22 heavy (non-hydrogen) atoms. The van der Waals surface area contributed by atoms with Crippen LogP contribution in [0.25, 0.3) is 0 Å². The lowest BCUT2D eigenvalue weighted by Crippen LogP contribution is -2.44. The minimum absolute atomic E-state index is 0. The monoisotopic (exact) mass is 336 g/mol. The molecule has 1 aliphatic heterocycles. The molecule has 1 fully saturated rings. The van der Waals surface area contributed by atoms with Crippen LogP contribution in [0.2, 0.25) is 0 Å². The Bertz CT molecular complexity index is 485. The van der Waals surface area contributed by atoms with Crippen LogP contribution >= 0.6 is 12.4 Å². The molecule has 1 aliphatic rings. The molecular formula is C15H20ClF3N2O. The van der Waals surface area contributed by atoms with E-state index in [1.807, 2.05) is 6.92 Å². The van der Waals surface area contributed by atoms with E-state index in [2.05, 4.69) is 10.6 Å². The van der Waals surface area contributed by atoms with Crippen LogP contribution in [-0.2, 0) is 6.18 Å². The quantitative estimate of drug-likeness (QED) is 0.889. The van der Waals surface area contributed by atoms with E-state index in [4.69, 9.17) is 0 Å². The first-order valence-electron chi connectivity index (χ1n) is 7.07. The first-order chi connectivity index (χ1) is 9.88. The molecule has 1 saturated heterocycles. The Hall–Kier alpha value is -1.27. The molecule has 0 aromatic heterocycles. The Balaban J connectivity index is 0.00000242. The van der Waals surface area contributed by atoms with E-state index in [-0.39, 0.29) is 29.9 Å². The first-order valence-corrected chi connectivity index (χ1v) is 7.07. The van der Waals surface area contributed by atoms with Gasteiger partial charge in [0.05, 0.1) is 5.56 Å². The Morgan fingerprint density at radius 1 is 1.32 bits per heavy atom. The molecule has 0 saturated carbocycles. The van der Waals surface area contributed by atoms with E-state index in [9.17, 15) is 18.0 Å². The van der Waals surface area contributed by atoms with Crippen LogP contribution in [0.5, 0.6) is 0 Å². The Labute approximate surface area is 134 Å². The number of amides is 1. The largest absolute Gasteiger partial charge is 0.416 e. The Kier molecular flexibility index (Phi) is 6.68. The maximum Gasteiger partial charge on any atom is 0.416 e. The second-order valence-corrected chi connectivity index (χ2v) is 5.44. The fraction of sp³-hybridized carbons (Fsp3) is 0.533. The SMILES string of the molecule is CC(NC(=O)c1ccc(C(F)(F)F)cc1)C1CCCNC1.Cl. The highest BCUT2D eigenvalue weighted by Gasteiger charge is 2.30. The predicted octanol–water partition coefficient (Wildman–Crippen LogP) is 3.25. The lowest BCUT2D eigenvalue weighted by atomic mass is 9.92. The van der Waals surface area contributed by atoms with Gasteiger partial charge in [0.2, 0.25) is 0 Å². The summed E-state index contributed by atoms with van der Waals surface area (Å²) in [5.74, 6) is 0.0268. The van der Waals surface area contributed by atoms with E-state index in [0.29, 0.717) is 5.92 Å². The molecule has 3 nitrogen and oxygen atoms in total. The van der Waals surface area contributed by atoms with Gasteiger partial charge in [0, 0.05) is 11.6 Å². The van der Waals surface area contributed by atoms with Gasteiger partial charge in [-0.2, -0.15) is 13.2 Å². The molecule has 7 heteroatoms. The van der Waals surface area contributed by atoms with Gasteiger partial charge in [0.1, 0.15) is 0 Å². The highest BCUT2D eigenvalue weighted by Crippen LogP contribution is 2.29. The van der Waals surface area contributed by atoms with Crippen LogP contribution in [0, 0.1) is 5.92 Å². The minimum Gasteiger partial charge on any atom is -0.349 e. The zero-order valence-corrected chi connectivity index (χ0v) is 13.1. The third-order valence-corrected chi connectivity index (χ3v) is 3.88. The molecule has 1 aromatic rings. The summed E-state index contributed by atoms with van der Waals surface area (Å²) in [5, 5.41) is 6.14. The highest BCUT2D eigenvalue weighted by molar-refractivity contribution is 5.94. The predicted molar refractivity (Wildman–Crippen MR) is 81.2 cm³/mol. The normalized spacial score (nSPS) is 19.9. The maximum atomic E-state index is 12.5. The standard InChI is InChI=1S/C15H19F3N2O.ClH/c1-10(12-3-2-8-19-9-12)20-14(21)11-4-6-13(7-5-11)15(16,17)18;/h4-7,10,12,19H,2-3,8-9H2,1H3,(H,20,21);1H. The minimum atomic E-state index is -4.38. The van der Waals surface area contributed by atoms with Crippen molar-refractivity contribution in [1.82, 2.24) is 10.6 Å². The van der Waals surface area contributed by atoms with Crippen molar-refractivity contribution < 1.29 is 18.0 Å². The zero-order chi connectivity index (χ0) is 15.5. The molecule has 2 atom stereocenters. The second-order valence-electron chi connectivity index (χ2n) is 5.44. The number of benzene rings is 1. The number of hydrogen-bond acceptors (Lipinski definition) is 2. The molecule has 0 radical (unpaired) electrons. The van der Waals surface area contributed by atoms with Gasteiger partial charge < -0.3 is 10.6 Å². The third kappa shape index (κ3) is 4.88. The maximum absolute atomic E-state index is 12.5. The van der Waals surface area contributed by atoms with Gasteiger partial charge in [0.15, 0.2) is 0 Å². The molecule has 2 rings (SSSR count). The molecule has 2 N–H and O–H groups in total. The number of carbonyl (C=O) groups excluding carboxylic acids is 1. The molecule has 1 amide bonds. The molecular weight excluding hydrogens is 317 g/mol. The average Bonchev–Trinajstić information content (AvgIpc) is 2.47. The highest BCUT2D eigenvalue weighted by atomic mass is 35.5. The summed E-state index contributed by atoms with van der Waals surface area (Å²) in [6.45, 7) is 3.78. The van der Waals surface area contributed by atoms with Crippen molar-refractivity contribution in [1.29, 1.82) is 0 Å². The summed E-state index contributed by atoms with van der Waals surface area (Å²) >= 11 is 0.